The molecule has 0 bridgehead atoms. The topological polar surface area (TPSA) is 0 Å². The standard InChI is InChI=1S/C8H10ClI/c1-2-6-4-3-5-7(9)8(6)10/h3-5,7-8H,2H2,1H3. The number of hydrogen-bond donors (Lipinski definition) is 0. The molecule has 0 spiro atoms. The van der Waals surface area contributed by atoms with Crippen molar-refractivity contribution in [3.05, 3.63) is 23.8 Å². The Morgan fingerprint density at radius 3 is 2.90 bits per heavy atom. The van der Waals surface area contributed by atoms with Gasteiger partial charge in [-0.25, -0.2) is 0 Å². The maximum absolute atomic E-state index is 6.01. The summed E-state index contributed by atoms with van der Waals surface area (Å²) in [7, 11) is 0. The first-order chi connectivity index (χ1) is 4.75. The van der Waals surface area contributed by atoms with Crippen LogP contribution < -0.4 is 0 Å². The lowest BCUT2D eigenvalue weighted by Crippen LogP contribution is -2.16. The number of rotatable bonds is 1. The second-order valence-electron chi connectivity index (χ2n) is 2.33. The lowest BCUT2D eigenvalue weighted by atomic mass is 10.0. The molecular weight excluding hydrogens is 258 g/mol. The van der Waals surface area contributed by atoms with E-state index in [1.54, 1.807) is 0 Å². The minimum atomic E-state index is 0.195. The Kier molecular flexibility index (Phi) is 3.24. The van der Waals surface area contributed by atoms with E-state index in [1.807, 2.05) is 12.2 Å². The van der Waals surface area contributed by atoms with Gasteiger partial charge in [0.25, 0.3) is 0 Å². The van der Waals surface area contributed by atoms with Crippen molar-refractivity contribution in [2.45, 2.75) is 22.6 Å². The highest BCUT2D eigenvalue weighted by Crippen LogP contribution is 2.27. The van der Waals surface area contributed by atoms with Gasteiger partial charge < -0.3 is 0 Å². The van der Waals surface area contributed by atoms with E-state index in [2.05, 4.69) is 35.6 Å². The molecule has 0 nitrogen and oxygen atoms in total. The molecule has 0 fully saturated rings. The predicted octanol–water partition coefficient (Wildman–Crippen LogP) is 3.30. The molecule has 0 aliphatic heterocycles. The zero-order chi connectivity index (χ0) is 7.56. The molecule has 0 saturated heterocycles. The molecule has 10 heavy (non-hydrogen) atoms. The number of halogens is 2. The van der Waals surface area contributed by atoms with E-state index >= 15 is 0 Å². The summed E-state index contributed by atoms with van der Waals surface area (Å²) in [6, 6.07) is 0. The largest absolute Gasteiger partial charge is 0.117 e. The normalized spacial score (nSPS) is 32.1. The maximum Gasteiger partial charge on any atom is 0.0674 e. The molecule has 0 aromatic rings. The minimum Gasteiger partial charge on any atom is -0.117 e. The van der Waals surface area contributed by atoms with Gasteiger partial charge in [0.15, 0.2) is 0 Å². The fourth-order valence-electron chi connectivity index (χ4n) is 0.992. The Morgan fingerprint density at radius 1 is 1.70 bits per heavy atom. The summed E-state index contributed by atoms with van der Waals surface area (Å²) in [5.41, 5.74) is 1.45. The molecule has 2 heteroatoms. The van der Waals surface area contributed by atoms with E-state index in [0.717, 1.165) is 6.42 Å². The van der Waals surface area contributed by atoms with Gasteiger partial charge in [-0.3, -0.25) is 0 Å². The molecule has 1 rings (SSSR count). The van der Waals surface area contributed by atoms with E-state index in [1.165, 1.54) is 5.57 Å². The van der Waals surface area contributed by atoms with Gasteiger partial charge >= 0.3 is 0 Å². The SMILES string of the molecule is CCC1=CC=CC(Cl)C1I. The van der Waals surface area contributed by atoms with E-state index in [0.29, 0.717) is 3.92 Å². The van der Waals surface area contributed by atoms with Crippen molar-refractivity contribution in [2.75, 3.05) is 0 Å². The number of hydrogen-bond acceptors (Lipinski definition) is 0. The van der Waals surface area contributed by atoms with Crippen molar-refractivity contribution in [3.8, 4) is 0 Å². The molecule has 2 atom stereocenters. The molecule has 0 saturated carbocycles. The summed E-state index contributed by atoms with van der Waals surface area (Å²) < 4.78 is 0.495. The van der Waals surface area contributed by atoms with Crippen LogP contribution in [0, 0.1) is 0 Å². The average molecular weight is 269 g/mol. The van der Waals surface area contributed by atoms with E-state index in [4.69, 9.17) is 11.6 Å². The first-order valence-corrected chi connectivity index (χ1v) is 5.09. The van der Waals surface area contributed by atoms with Crippen LogP contribution in [0.2, 0.25) is 0 Å². The van der Waals surface area contributed by atoms with Gasteiger partial charge in [-0.15, -0.1) is 11.6 Å². The third-order valence-electron chi connectivity index (χ3n) is 1.65. The summed E-state index contributed by atoms with van der Waals surface area (Å²) in [4.78, 5) is 0. The van der Waals surface area contributed by atoms with Gasteiger partial charge in [0, 0.05) is 0 Å². The van der Waals surface area contributed by atoms with Crippen molar-refractivity contribution >= 4 is 34.2 Å². The molecule has 56 valence electrons. The summed E-state index contributed by atoms with van der Waals surface area (Å²) in [5.74, 6) is 0. The Morgan fingerprint density at radius 2 is 2.40 bits per heavy atom. The molecule has 0 amide bonds. The fourth-order valence-corrected chi connectivity index (χ4v) is 2.13. The van der Waals surface area contributed by atoms with Gasteiger partial charge in [0.1, 0.15) is 0 Å². The third-order valence-corrected chi connectivity index (χ3v) is 4.04. The van der Waals surface area contributed by atoms with Crippen molar-refractivity contribution in [1.82, 2.24) is 0 Å². The van der Waals surface area contributed by atoms with E-state index in [9.17, 15) is 0 Å². The highest BCUT2D eigenvalue weighted by Gasteiger charge is 2.18. The number of alkyl halides is 2. The molecule has 0 heterocycles. The highest BCUT2D eigenvalue weighted by molar-refractivity contribution is 14.1. The smallest absolute Gasteiger partial charge is 0.0674 e. The zero-order valence-electron chi connectivity index (χ0n) is 5.85. The average Bonchev–Trinajstić information content (AvgIpc) is 1.95. The van der Waals surface area contributed by atoms with Crippen LogP contribution in [0.1, 0.15) is 13.3 Å². The third kappa shape index (κ3) is 1.76. The molecule has 0 aromatic heterocycles. The van der Waals surface area contributed by atoms with Gasteiger partial charge in [0.2, 0.25) is 0 Å². The summed E-state index contributed by atoms with van der Waals surface area (Å²) in [6.45, 7) is 2.17. The monoisotopic (exact) mass is 268 g/mol. The fraction of sp³-hybridized carbons (Fsp3) is 0.500. The van der Waals surface area contributed by atoms with Crippen LogP contribution >= 0.6 is 34.2 Å². The van der Waals surface area contributed by atoms with Crippen LogP contribution in [0.15, 0.2) is 23.8 Å². The second kappa shape index (κ2) is 3.77. The Balaban J connectivity index is 2.71. The van der Waals surface area contributed by atoms with Crippen LogP contribution in [0.5, 0.6) is 0 Å². The van der Waals surface area contributed by atoms with Crippen molar-refractivity contribution in [3.63, 3.8) is 0 Å². The minimum absolute atomic E-state index is 0.195. The molecular formula is C8H10ClI. The number of allylic oxidation sites excluding steroid dienone is 4. The van der Waals surface area contributed by atoms with Crippen LogP contribution in [0.3, 0.4) is 0 Å². The molecule has 0 N–H and O–H groups in total. The first kappa shape index (κ1) is 8.60. The van der Waals surface area contributed by atoms with Crippen molar-refractivity contribution in [1.29, 1.82) is 0 Å². The van der Waals surface area contributed by atoms with E-state index < -0.39 is 0 Å². The lowest BCUT2D eigenvalue weighted by molar-refractivity contribution is 0.942. The molecule has 1 aliphatic carbocycles. The molecule has 1 aliphatic rings. The summed E-state index contributed by atoms with van der Waals surface area (Å²) >= 11 is 8.40. The van der Waals surface area contributed by atoms with Crippen LogP contribution in [0.4, 0.5) is 0 Å². The molecule has 0 aromatic carbocycles. The maximum atomic E-state index is 6.01. The van der Waals surface area contributed by atoms with Crippen molar-refractivity contribution in [2.24, 2.45) is 0 Å². The van der Waals surface area contributed by atoms with Crippen molar-refractivity contribution < 1.29 is 0 Å². The molecule has 2 unspecified atom stereocenters. The zero-order valence-corrected chi connectivity index (χ0v) is 8.76. The van der Waals surface area contributed by atoms with Gasteiger partial charge in [-0.05, 0) is 6.42 Å². The first-order valence-electron chi connectivity index (χ1n) is 3.41. The Hall–Kier alpha value is 0.500. The Labute approximate surface area is 80.5 Å². The van der Waals surface area contributed by atoms with E-state index in [-0.39, 0.29) is 5.38 Å². The second-order valence-corrected chi connectivity index (χ2v) is 4.17. The quantitative estimate of drug-likeness (QED) is 0.506. The summed E-state index contributed by atoms with van der Waals surface area (Å²) in [5, 5.41) is 0.195. The van der Waals surface area contributed by atoms with Gasteiger partial charge in [0.05, 0.1) is 9.30 Å². The Bertz CT molecular complexity index is 172. The van der Waals surface area contributed by atoms with Gasteiger partial charge in [-0.1, -0.05) is 53.3 Å². The van der Waals surface area contributed by atoms with Crippen LogP contribution in [0.25, 0.3) is 0 Å². The molecule has 0 radical (unpaired) electrons. The summed E-state index contributed by atoms with van der Waals surface area (Å²) in [6.07, 6.45) is 7.36. The van der Waals surface area contributed by atoms with Gasteiger partial charge in [-0.2, -0.15) is 0 Å². The lowest BCUT2D eigenvalue weighted by Gasteiger charge is -2.18. The van der Waals surface area contributed by atoms with Crippen LogP contribution in [-0.2, 0) is 0 Å². The highest BCUT2D eigenvalue weighted by atomic mass is 127. The predicted molar refractivity (Wildman–Crippen MR) is 55.0 cm³/mol. The van der Waals surface area contributed by atoms with Crippen LogP contribution in [-0.4, -0.2) is 9.30 Å².